The van der Waals surface area contributed by atoms with Gasteiger partial charge in [-0.05, 0) is 19.1 Å². The van der Waals surface area contributed by atoms with Crippen LogP contribution in [0.25, 0.3) is 0 Å². The van der Waals surface area contributed by atoms with Gasteiger partial charge in [0.25, 0.3) is 5.91 Å². The van der Waals surface area contributed by atoms with E-state index in [1.54, 1.807) is 13.3 Å². The normalized spacial score (nSPS) is 14.4. The molecule has 1 saturated heterocycles. The number of rotatable bonds is 5. The number of benzene rings is 1. The third kappa shape index (κ3) is 4.32. The van der Waals surface area contributed by atoms with E-state index in [2.05, 4.69) is 15.3 Å². The lowest BCUT2D eigenvalue weighted by atomic mass is 10.2. The summed E-state index contributed by atoms with van der Waals surface area (Å²) in [5.41, 5.74) is 2.86. The molecule has 1 aromatic heterocycles. The van der Waals surface area contributed by atoms with Gasteiger partial charge >= 0.3 is 0 Å². The predicted octanol–water partition coefficient (Wildman–Crippen LogP) is 2.02. The first-order valence-corrected chi connectivity index (χ1v) is 8.23. The van der Waals surface area contributed by atoms with Crippen LogP contribution in [-0.4, -0.2) is 49.3 Å². The van der Waals surface area contributed by atoms with Crippen molar-refractivity contribution < 1.29 is 14.3 Å². The summed E-state index contributed by atoms with van der Waals surface area (Å²) in [7, 11) is 1.58. The van der Waals surface area contributed by atoms with E-state index in [1.165, 1.54) is 0 Å². The SMILES string of the molecule is COCc1nc(N2CCOCC2)ncc1C(=O)Nc1ccc(C)cc1. The van der Waals surface area contributed by atoms with Crippen molar-refractivity contribution in [1.29, 1.82) is 0 Å². The second-order valence-corrected chi connectivity index (χ2v) is 5.88. The molecule has 0 radical (unpaired) electrons. The number of aryl methyl sites for hydroxylation is 1. The Hall–Kier alpha value is -2.51. The van der Waals surface area contributed by atoms with E-state index in [1.807, 2.05) is 36.1 Å². The average molecular weight is 342 g/mol. The summed E-state index contributed by atoms with van der Waals surface area (Å²) in [5, 5.41) is 2.88. The van der Waals surface area contributed by atoms with Crippen molar-refractivity contribution >= 4 is 17.5 Å². The van der Waals surface area contributed by atoms with Crippen LogP contribution in [0, 0.1) is 6.92 Å². The number of methoxy groups -OCH3 is 1. The second-order valence-electron chi connectivity index (χ2n) is 5.88. The van der Waals surface area contributed by atoms with Crippen LogP contribution < -0.4 is 10.2 Å². The maximum atomic E-state index is 12.6. The van der Waals surface area contributed by atoms with Crippen LogP contribution in [0.1, 0.15) is 21.6 Å². The molecular formula is C18H22N4O3. The van der Waals surface area contributed by atoms with Crippen molar-refractivity contribution in [3.63, 3.8) is 0 Å². The molecule has 7 nitrogen and oxygen atoms in total. The summed E-state index contributed by atoms with van der Waals surface area (Å²) in [4.78, 5) is 23.5. The molecule has 7 heteroatoms. The van der Waals surface area contributed by atoms with Gasteiger partial charge in [-0.3, -0.25) is 4.79 Å². The van der Waals surface area contributed by atoms with E-state index in [0.29, 0.717) is 30.4 Å². The van der Waals surface area contributed by atoms with Crippen LogP contribution in [0.4, 0.5) is 11.6 Å². The van der Waals surface area contributed by atoms with Crippen molar-refractivity contribution in [3.05, 3.63) is 47.3 Å². The van der Waals surface area contributed by atoms with E-state index >= 15 is 0 Å². The van der Waals surface area contributed by atoms with Gasteiger partial charge in [-0.2, -0.15) is 0 Å². The lowest BCUT2D eigenvalue weighted by molar-refractivity contribution is 0.102. The molecule has 132 valence electrons. The third-order valence-corrected chi connectivity index (χ3v) is 3.98. The number of ether oxygens (including phenoxy) is 2. The second kappa shape index (κ2) is 8.04. The van der Waals surface area contributed by atoms with Crippen LogP contribution in [-0.2, 0) is 16.1 Å². The zero-order chi connectivity index (χ0) is 17.6. The van der Waals surface area contributed by atoms with Crippen LogP contribution in [0.2, 0.25) is 0 Å². The van der Waals surface area contributed by atoms with E-state index < -0.39 is 0 Å². The minimum atomic E-state index is -0.246. The predicted molar refractivity (Wildman–Crippen MR) is 94.9 cm³/mol. The fourth-order valence-electron chi connectivity index (χ4n) is 2.59. The molecule has 0 spiro atoms. The highest BCUT2D eigenvalue weighted by atomic mass is 16.5. The number of carbonyl (C=O) groups is 1. The van der Waals surface area contributed by atoms with Crippen molar-refractivity contribution in [1.82, 2.24) is 9.97 Å². The molecule has 1 amide bonds. The number of morpholine rings is 1. The van der Waals surface area contributed by atoms with Crippen LogP contribution in [0.3, 0.4) is 0 Å². The summed E-state index contributed by atoms with van der Waals surface area (Å²) >= 11 is 0. The molecule has 3 rings (SSSR count). The van der Waals surface area contributed by atoms with Gasteiger partial charge in [-0.25, -0.2) is 9.97 Å². The average Bonchev–Trinajstić information content (AvgIpc) is 2.64. The number of hydrogen-bond donors (Lipinski definition) is 1. The molecule has 25 heavy (non-hydrogen) atoms. The number of carbonyl (C=O) groups excluding carboxylic acids is 1. The van der Waals surface area contributed by atoms with Gasteiger partial charge in [-0.15, -0.1) is 0 Å². The highest BCUT2D eigenvalue weighted by Crippen LogP contribution is 2.16. The Morgan fingerprint density at radius 3 is 2.68 bits per heavy atom. The molecule has 0 aliphatic carbocycles. The number of hydrogen-bond acceptors (Lipinski definition) is 6. The highest BCUT2D eigenvalue weighted by molar-refractivity contribution is 6.04. The minimum Gasteiger partial charge on any atom is -0.378 e. The van der Waals surface area contributed by atoms with Crippen molar-refractivity contribution in [2.75, 3.05) is 43.6 Å². The maximum absolute atomic E-state index is 12.6. The summed E-state index contributed by atoms with van der Waals surface area (Å²) < 4.78 is 10.6. The largest absolute Gasteiger partial charge is 0.378 e. The van der Waals surface area contributed by atoms with Gasteiger partial charge in [0.05, 0.1) is 31.1 Å². The van der Waals surface area contributed by atoms with E-state index in [-0.39, 0.29) is 12.5 Å². The Labute approximate surface area is 147 Å². The lowest BCUT2D eigenvalue weighted by Crippen LogP contribution is -2.37. The summed E-state index contributed by atoms with van der Waals surface area (Å²) in [6.45, 7) is 5.02. The number of nitrogens with one attached hydrogen (secondary N) is 1. The van der Waals surface area contributed by atoms with Gasteiger partial charge in [0.1, 0.15) is 0 Å². The number of anilines is 2. The van der Waals surface area contributed by atoms with Crippen molar-refractivity contribution in [2.45, 2.75) is 13.5 Å². The number of amides is 1. The lowest BCUT2D eigenvalue weighted by Gasteiger charge is -2.27. The smallest absolute Gasteiger partial charge is 0.259 e. The molecule has 1 fully saturated rings. The quantitative estimate of drug-likeness (QED) is 0.896. The molecule has 0 unspecified atom stereocenters. The summed E-state index contributed by atoms with van der Waals surface area (Å²) in [6, 6.07) is 7.63. The molecular weight excluding hydrogens is 320 g/mol. The van der Waals surface area contributed by atoms with Crippen LogP contribution >= 0.6 is 0 Å². The monoisotopic (exact) mass is 342 g/mol. The zero-order valence-electron chi connectivity index (χ0n) is 14.5. The first kappa shape index (κ1) is 17.3. The molecule has 2 aromatic rings. The first-order chi connectivity index (χ1) is 12.2. The Morgan fingerprint density at radius 2 is 2.00 bits per heavy atom. The standard InChI is InChI=1S/C18H22N4O3/c1-13-3-5-14(6-4-13)20-17(23)15-11-19-18(21-16(15)12-24-2)22-7-9-25-10-8-22/h3-6,11H,7-10,12H2,1-2H3,(H,20,23). The van der Waals surface area contributed by atoms with Gasteiger partial charge in [0.15, 0.2) is 0 Å². The molecule has 2 heterocycles. The van der Waals surface area contributed by atoms with E-state index in [0.717, 1.165) is 24.3 Å². The highest BCUT2D eigenvalue weighted by Gasteiger charge is 2.19. The Bertz CT molecular complexity index is 728. The van der Waals surface area contributed by atoms with Gasteiger partial charge < -0.3 is 19.7 Å². The summed E-state index contributed by atoms with van der Waals surface area (Å²) in [6.07, 6.45) is 1.57. The van der Waals surface area contributed by atoms with Crippen molar-refractivity contribution in [3.8, 4) is 0 Å². The molecule has 1 N–H and O–H groups in total. The van der Waals surface area contributed by atoms with Gasteiger partial charge in [-0.1, -0.05) is 17.7 Å². The molecule has 0 saturated carbocycles. The molecule has 1 aromatic carbocycles. The van der Waals surface area contributed by atoms with E-state index in [9.17, 15) is 4.79 Å². The minimum absolute atomic E-state index is 0.246. The zero-order valence-corrected chi connectivity index (χ0v) is 14.5. The maximum Gasteiger partial charge on any atom is 0.259 e. The molecule has 0 bridgehead atoms. The fraction of sp³-hybridized carbons (Fsp3) is 0.389. The number of aromatic nitrogens is 2. The van der Waals surface area contributed by atoms with Crippen molar-refractivity contribution in [2.24, 2.45) is 0 Å². The number of nitrogens with zero attached hydrogens (tertiary/aromatic N) is 3. The van der Waals surface area contributed by atoms with E-state index in [4.69, 9.17) is 9.47 Å². The van der Waals surface area contributed by atoms with Gasteiger partial charge in [0, 0.05) is 32.1 Å². The molecule has 1 aliphatic rings. The van der Waals surface area contributed by atoms with Gasteiger partial charge in [0.2, 0.25) is 5.95 Å². The summed E-state index contributed by atoms with van der Waals surface area (Å²) in [5.74, 6) is 0.353. The van der Waals surface area contributed by atoms with Crippen LogP contribution in [0.5, 0.6) is 0 Å². The first-order valence-electron chi connectivity index (χ1n) is 8.23. The Morgan fingerprint density at radius 1 is 1.28 bits per heavy atom. The fourth-order valence-corrected chi connectivity index (χ4v) is 2.59. The third-order valence-electron chi connectivity index (χ3n) is 3.98. The molecule has 1 aliphatic heterocycles. The Kier molecular flexibility index (Phi) is 5.57. The van der Waals surface area contributed by atoms with Crippen LogP contribution in [0.15, 0.2) is 30.5 Å². The Balaban J connectivity index is 1.81. The molecule has 0 atom stereocenters. The topological polar surface area (TPSA) is 76.6 Å².